The normalized spacial score (nSPS) is 10.2. The first-order valence-corrected chi connectivity index (χ1v) is 4.53. The number of aromatic hydroxyl groups is 2. The number of carboxylic acids is 1. The van der Waals surface area contributed by atoms with Crippen molar-refractivity contribution in [2.75, 3.05) is 0 Å². The van der Waals surface area contributed by atoms with Crippen LogP contribution >= 0.6 is 0 Å². The molecule has 0 spiro atoms. The number of carbonyl (C=O) groups is 1. The van der Waals surface area contributed by atoms with Gasteiger partial charge in [0.15, 0.2) is 11.8 Å². The van der Waals surface area contributed by atoms with Crippen molar-refractivity contribution in [3.63, 3.8) is 0 Å². The molecular weight excluding hydrogens is 210 g/mol. The van der Waals surface area contributed by atoms with Crippen LogP contribution in [0.5, 0.6) is 11.8 Å². The Labute approximate surface area is 90.8 Å². The number of aromatic nitrogens is 1. The highest BCUT2D eigenvalue weighted by molar-refractivity contribution is 5.92. The number of rotatable bonds is 2. The van der Waals surface area contributed by atoms with Crippen LogP contribution in [0.3, 0.4) is 0 Å². The van der Waals surface area contributed by atoms with E-state index in [2.05, 4.69) is 0 Å². The van der Waals surface area contributed by atoms with Crippen molar-refractivity contribution >= 4 is 5.97 Å². The third kappa shape index (κ3) is 1.48. The SMILES string of the molecule is O=C(O)c1ccccc1-n1c(O)ccc1O. The molecule has 0 aliphatic heterocycles. The molecule has 0 unspecified atom stereocenters. The first kappa shape index (κ1) is 10.1. The molecule has 2 aromatic rings. The summed E-state index contributed by atoms with van der Waals surface area (Å²) >= 11 is 0. The zero-order valence-electron chi connectivity index (χ0n) is 8.16. The van der Waals surface area contributed by atoms with Crippen molar-refractivity contribution in [1.82, 2.24) is 4.57 Å². The summed E-state index contributed by atoms with van der Waals surface area (Å²) in [5, 5.41) is 28.0. The van der Waals surface area contributed by atoms with Gasteiger partial charge in [-0.1, -0.05) is 12.1 Å². The Bertz CT molecular complexity index is 525. The topological polar surface area (TPSA) is 82.7 Å². The van der Waals surface area contributed by atoms with Gasteiger partial charge in [0.1, 0.15) is 0 Å². The van der Waals surface area contributed by atoms with Crippen LogP contribution in [0.1, 0.15) is 10.4 Å². The van der Waals surface area contributed by atoms with Crippen molar-refractivity contribution in [2.24, 2.45) is 0 Å². The summed E-state index contributed by atoms with van der Waals surface area (Å²) in [5.41, 5.74) is 0.222. The van der Waals surface area contributed by atoms with Gasteiger partial charge in [-0.3, -0.25) is 4.57 Å². The molecule has 0 radical (unpaired) electrons. The lowest BCUT2D eigenvalue weighted by Crippen LogP contribution is -2.04. The minimum atomic E-state index is -1.12. The maximum atomic E-state index is 11.0. The molecule has 16 heavy (non-hydrogen) atoms. The van der Waals surface area contributed by atoms with E-state index in [1.54, 1.807) is 12.1 Å². The molecule has 0 aliphatic rings. The number of para-hydroxylation sites is 1. The molecule has 1 aromatic heterocycles. The fourth-order valence-electron chi connectivity index (χ4n) is 1.51. The number of hydrogen-bond acceptors (Lipinski definition) is 3. The molecule has 2 rings (SSSR count). The van der Waals surface area contributed by atoms with Crippen molar-refractivity contribution in [3.05, 3.63) is 42.0 Å². The molecule has 0 aliphatic carbocycles. The zero-order valence-corrected chi connectivity index (χ0v) is 8.16. The van der Waals surface area contributed by atoms with Crippen LogP contribution in [0.4, 0.5) is 0 Å². The molecule has 82 valence electrons. The van der Waals surface area contributed by atoms with Crippen molar-refractivity contribution in [3.8, 4) is 17.4 Å². The third-order valence-corrected chi connectivity index (χ3v) is 2.22. The molecule has 1 aromatic carbocycles. The summed E-state index contributed by atoms with van der Waals surface area (Å²) < 4.78 is 1.06. The van der Waals surface area contributed by atoms with E-state index >= 15 is 0 Å². The number of aromatic carboxylic acids is 1. The third-order valence-electron chi connectivity index (χ3n) is 2.22. The number of carboxylic acid groups (broad SMARTS) is 1. The van der Waals surface area contributed by atoms with Crippen LogP contribution in [0.15, 0.2) is 36.4 Å². The van der Waals surface area contributed by atoms with Gasteiger partial charge in [0, 0.05) is 12.1 Å². The Hall–Kier alpha value is -2.43. The second kappa shape index (κ2) is 3.62. The van der Waals surface area contributed by atoms with Crippen molar-refractivity contribution in [1.29, 1.82) is 0 Å². The summed E-state index contributed by atoms with van der Waals surface area (Å²) in [5.74, 6) is -1.56. The van der Waals surface area contributed by atoms with Gasteiger partial charge in [0.05, 0.1) is 11.3 Å². The van der Waals surface area contributed by atoms with Crippen LogP contribution in [-0.2, 0) is 0 Å². The molecule has 0 saturated carbocycles. The molecule has 0 amide bonds. The van der Waals surface area contributed by atoms with E-state index < -0.39 is 5.97 Å². The van der Waals surface area contributed by atoms with Crippen LogP contribution in [-0.4, -0.2) is 25.9 Å². The van der Waals surface area contributed by atoms with E-state index in [4.69, 9.17) is 5.11 Å². The number of benzene rings is 1. The second-order valence-corrected chi connectivity index (χ2v) is 3.21. The highest BCUT2D eigenvalue weighted by atomic mass is 16.4. The minimum Gasteiger partial charge on any atom is -0.494 e. The molecule has 0 fully saturated rings. The van der Waals surface area contributed by atoms with Gasteiger partial charge in [-0.2, -0.15) is 0 Å². The van der Waals surface area contributed by atoms with Crippen LogP contribution in [0, 0.1) is 0 Å². The fraction of sp³-hybridized carbons (Fsp3) is 0. The van der Waals surface area contributed by atoms with E-state index in [0.717, 1.165) is 4.57 Å². The molecule has 0 atom stereocenters. The maximum absolute atomic E-state index is 11.0. The second-order valence-electron chi connectivity index (χ2n) is 3.21. The number of nitrogens with zero attached hydrogens (tertiary/aromatic N) is 1. The Morgan fingerprint density at radius 3 is 2.12 bits per heavy atom. The average molecular weight is 219 g/mol. The Morgan fingerprint density at radius 2 is 1.56 bits per heavy atom. The first-order valence-electron chi connectivity index (χ1n) is 4.53. The quantitative estimate of drug-likeness (QED) is 0.716. The molecule has 1 heterocycles. The largest absolute Gasteiger partial charge is 0.494 e. The van der Waals surface area contributed by atoms with Crippen LogP contribution < -0.4 is 0 Å². The Kier molecular flexibility index (Phi) is 2.28. The minimum absolute atomic E-state index is 0.00398. The van der Waals surface area contributed by atoms with E-state index in [9.17, 15) is 15.0 Å². The first-order chi connectivity index (χ1) is 7.61. The van der Waals surface area contributed by atoms with Crippen LogP contribution in [0.2, 0.25) is 0 Å². The Balaban J connectivity index is 2.69. The van der Waals surface area contributed by atoms with Crippen molar-refractivity contribution < 1.29 is 20.1 Å². The molecule has 5 heteroatoms. The van der Waals surface area contributed by atoms with Gasteiger partial charge in [-0.15, -0.1) is 0 Å². The standard InChI is InChI=1S/C11H9NO4/c13-9-5-6-10(14)12(9)8-4-2-1-3-7(8)11(15)16/h1-6,13-14H,(H,15,16). The van der Waals surface area contributed by atoms with Gasteiger partial charge >= 0.3 is 5.97 Å². The van der Waals surface area contributed by atoms with E-state index in [-0.39, 0.29) is 23.0 Å². The molecule has 0 bridgehead atoms. The van der Waals surface area contributed by atoms with Crippen LogP contribution in [0.25, 0.3) is 5.69 Å². The molecule has 3 N–H and O–H groups in total. The van der Waals surface area contributed by atoms with E-state index in [1.165, 1.54) is 24.3 Å². The predicted octanol–water partition coefficient (Wildman–Crippen LogP) is 1.59. The maximum Gasteiger partial charge on any atom is 0.337 e. The summed E-state index contributed by atoms with van der Waals surface area (Å²) in [4.78, 5) is 11.0. The van der Waals surface area contributed by atoms with Gasteiger partial charge < -0.3 is 15.3 Å². The number of hydrogen-bond donors (Lipinski definition) is 3. The van der Waals surface area contributed by atoms with Gasteiger partial charge in [-0.05, 0) is 12.1 Å². The lowest BCUT2D eigenvalue weighted by atomic mass is 10.2. The van der Waals surface area contributed by atoms with Gasteiger partial charge in [0.25, 0.3) is 0 Å². The monoisotopic (exact) mass is 219 g/mol. The summed E-state index contributed by atoms with van der Waals surface area (Å²) in [6, 6.07) is 8.67. The van der Waals surface area contributed by atoms with Gasteiger partial charge in [0.2, 0.25) is 0 Å². The average Bonchev–Trinajstić information content (AvgIpc) is 2.58. The van der Waals surface area contributed by atoms with Crippen molar-refractivity contribution in [2.45, 2.75) is 0 Å². The molecular formula is C11H9NO4. The highest BCUT2D eigenvalue weighted by Crippen LogP contribution is 2.28. The lowest BCUT2D eigenvalue weighted by molar-refractivity contribution is 0.0697. The Morgan fingerprint density at radius 1 is 1.00 bits per heavy atom. The summed E-state index contributed by atoms with van der Waals surface area (Å²) in [6.07, 6.45) is 0. The lowest BCUT2D eigenvalue weighted by Gasteiger charge is -2.09. The molecule has 0 saturated heterocycles. The predicted molar refractivity (Wildman–Crippen MR) is 56.1 cm³/mol. The molecule has 5 nitrogen and oxygen atoms in total. The zero-order chi connectivity index (χ0) is 11.7. The highest BCUT2D eigenvalue weighted by Gasteiger charge is 2.15. The van der Waals surface area contributed by atoms with Gasteiger partial charge in [-0.25, -0.2) is 4.79 Å². The smallest absolute Gasteiger partial charge is 0.337 e. The summed E-state index contributed by atoms with van der Waals surface area (Å²) in [6.45, 7) is 0. The van der Waals surface area contributed by atoms with E-state index in [1.807, 2.05) is 0 Å². The summed E-state index contributed by atoms with van der Waals surface area (Å²) in [7, 11) is 0. The van der Waals surface area contributed by atoms with E-state index in [0.29, 0.717) is 0 Å². The fourth-order valence-corrected chi connectivity index (χ4v) is 1.51.